The molecule has 1 aliphatic rings. The lowest BCUT2D eigenvalue weighted by molar-refractivity contribution is -0.137. The molecular weight excluding hydrogens is 269 g/mol. The van der Waals surface area contributed by atoms with Gasteiger partial charge in [0.25, 0.3) is 0 Å². The van der Waals surface area contributed by atoms with Gasteiger partial charge in [-0.25, -0.2) is 0 Å². The highest BCUT2D eigenvalue weighted by atomic mass is 19.4. The minimum Gasteiger partial charge on any atom is -0.346 e. The lowest BCUT2D eigenvalue weighted by Gasteiger charge is -2.26. The zero-order valence-corrected chi connectivity index (χ0v) is 11.0. The van der Waals surface area contributed by atoms with Gasteiger partial charge in [-0.1, -0.05) is 24.3 Å². The minimum absolute atomic E-state index is 0.0385. The molecule has 3 nitrogen and oxygen atoms in total. The summed E-state index contributed by atoms with van der Waals surface area (Å²) in [5, 5.41) is 4.89. The summed E-state index contributed by atoms with van der Waals surface area (Å²) in [7, 11) is 0. The van der Waals surface area contributed by atoms with E-state index in [-0.39, 0.29) is 12.6 Å². The molecule has 1 unspecified atom stereocenters. The van der Waals surface area contributed by atoms with Crippen molar-refractivity contribution in [2.75, 3.05) is 13.1 Å². The van der Waals surface area contributed by atoms with E-state index in [0.29, 0.717) is 0 Å². The number of hydrogen-bond acceptors (Lipinski definition) is 2. The molecule has 0 aromatic heterocycles. The number of halogens is 3. The van der Waals surface area contributed by atoms with E-state index in [2.05, 4.69) is 5.32 Å². The van der Waals surface area contributed by atoms with Crippen molar-refractivity contribution in [1.29, 1.82) is 0 Å². The van der Waals surface area contributed by atoms with Crippen molar-refractivity contribution in [1.82, 2.24) is 10.6 Å². The van der Waals surface area contributed by atoms with Crippen LogP contribution in [-0.4, -0.2) is 25.2 Å². The van der Waals surface area contributed by atoms with Crippen molar-refractivity contribution < 1.29 is 18.0 Å². The first-order valence-corrected chi connectivity index (χ1v) is 6.60. The standard InChI is InChI=1S/C14H17F3N2O/c15-14(16,17)9-19-13(20)8-18-12-7-3-5-10-4-1-2-6-11(10)12/h1-2,4,6,12,18H,3,5,7-9H2,(H,19,20). The Hall–Kier alpha value is -1.56. The SMILES string of the molecule is O=C(CNC1CCCc2ccccc21)NCC(F)(F)F. The van der Waals surface area contributed by atoms with Gasteiger partial charge in [-0.05, 0) is 30.4 Å². The Morgan fingerprint density at radius 1 is 1.30 bits per heavy atom. The topological polar surface area (TPSA) is 41.1 Å². The van der Waals surface area contributed by atoms with Crippen LogP contribution in [0.4, 0.5) is 13.2 Å². The zero-order chi connectivity index (χ0) is 14.6. The van der Waals surface area contributed by atoms with Crippen LogP contribution in [0.2, 0.25) is 0 Å². The molecule has 0 radical (unpaired) electrons. The first kappa shape index (κ1) is 14.8. The van der Waals surface area contributed by atoms with Crippen molar-refractivity contribution in [3.8, 4) is 0 Å². The molecule has 0 spiro atoms. The van der Waals surface area contributed by atoms with Gasteiger partial charge < -0.3 is 10.6 Å². The number of fused-ring (bicyclic) bond motifs is 1. The molecule has 1 amide bonds. The molecule has 1 aromatic rings. The maximum Gasteiger partial charge on any atom is 0.405 e. The van der Waals surface area contributed by atoms with Crippen LogP contribution in [0.3, 0.4) is 0 Å². The third kappa shape index (κ3) is 4.23. The van der Waals surface area contributed by atoms with Gasteiger partial charge in [0.05, 0.1) is 6.54 Å². The van der Waals surface area contributed by atoms with E-state index in [1.165, 1.54) is 5.56 Å². The number of carbonyl (C=O) groups is 1. The second kappa shape index (κ2) is 6.26. The van der Waals surface area contributed by atoms with Gasteiger partial charge >= 0.3 is 6.18 Å². The molecule has 2 N–H and O–H groups in total. The van der Waals surface area contributed by atoms with E-state index in [1.54, 1.807) is 0 Å². The highest BCUT2D eigenvalue weighted by Gasteiger charge is 2.28. The first-order valence-electron chi connectivity index (χ1n) is 6.60. The zero-order valence-electron chi connectivity index (χ0n) is 11.0. The van der Waals surface area contributed by atoms with Crippen LogP contribution in [0, 0.1) is 0 Å². The molecule has 6 heteroatoms. The molecule has 20 heavy (non-hydrogen) atoms. The summed E-state index contributed by atoms with van der Waals surface area (Å²) >= 11 is 0. The van der Waals surface area contributed by atoms with E-state index >= 15 is 0 Å². The summed E-state index contributed by atoms with van der Waals surface area (Å²) in [5.74, 6) is -0.634. The van der Waals surface area contributed by atoms with Gasteiger partial charge in [0.2, 0.25) is 5.91 Å². The van der Waals surface area contributed by atoms with Crippen LogP contribution < -0.4 is 10.6 Å². The quantitative estimate of drug-likeness (QED) is 0.892. The molecule has 1 aliphatic carbocycles. The van der Waals surface area contributed by atoms with E-state index in [1.807, 2.05) is 29.6 Å². The van der Waals surface area contributed by atoms with Crippen molar-refractivity contribution in [2.24, 2.45) is 0 Å². The van der Waals surface area contributed by atoms with Crippen molar-refractivity contribution in [3.05, 3.63) is 35.4 Å². The van der Waals surface area contributed by atoms with Crippen LogP contribution in [0.15, 0.2) is 24.3 Å². The fourth-order valence-corrected chi connectivity index (χ4v) is 2.44. The van der Waals surface area contributed by atoms with Crippen LogP contribution in [0.5, 0.6) is 0 Å². The second-order valence-electron chi connectivity index (χ2n) is 4.92. The maximum absolute atomic E-state index is 12.0. The Bertz CT molecular complexity index is 474. The molecule has 110 valence electrons. The van der Waals surface area contributed by atoms with Crippen molar-refractivity contribution in [3.63, 3.8) is 0 Å². The Morgan fingerprint density at radius 3 is 2.80 bits per heavy atom. The summed E-state index contributed by atoms with van der Waals surface area (Å²) in [6.07, 6.45) is -1.45. The summed E-state index contributed by atoms with van der Waals surface area (Å²) < 4.78 is 35.9. The van der Waals surface area contributed by atoms with Gasteiger partial charge in [0.15, 0.2) is 0 Å². The number of hydrogen-bond donors (Lipinski definition) is 2. The molecular formula is C14H17F3N2O. The lowest BCUT2D eigenvalue weighted by Crippen LogP contribution is -2.40. The van der Waals surface area contributed by atoms with Crippen LogP contribution in [0.1, 0.15) is 30.0 Å². The summed E-state index contributed by atoms with van der Waals surface area (Å²) in [6, 6.07) is 7.99. The molecule has 0 saturated carbocycles. The number of rotatable bonds is 4. The fourth-order valence-electron chi connectivity index (χ4n) is 2.44. The first-order chi connectivity index (χ1) is 9.46. The summed E-state index contributed by atoms with van der Waals surface area (Å²) in [5.41, 5.74) is 2.38. The highest BCUT2D eigenvalue weighted by Crippen LogP contribution is 2.29. The number of benzene rings is 1. The molecule has 2 rings (SSSR count). The Labute approximate surface area is 115 Å². The van der Waals surface area contributed by atoms with Crippen LogP contribution in [0.25, 0.3) is 0 Å². The molecule has 0 aliphatic heterocycles. The van der Waals surface area contributed by atoms with Gasteiger partial charge in [0.1, 0.15) is 6.54 Å². The summed E-state index contributed by atoms with van der Waals surface area (Å²) in [4.78, 5) is 11.4. The normalized spacial score (nSPS) is 18.4. The Balaban J connectivity index is 1.85. The van der Waals surface area contributed by atoms with E-state index in [0.717, 1.165) is 24.8 Å². The monoisotopic (exact) mass is 286 g/mol. The smallest absolute Gasteiger partial charge is 0.346 e. The van der Waals surface area contributed by atoms with Crippen molar-refractivity contribution in [2.45, 2.75) is 31.5 Å². The number of carbonyl (C=O) groups excluding carboxylic acids is 1. The third-order valence-electron chi connectivity index (χ3n) is 3.36. The van der Waals surface area contributed by atoms with Crippen molar-refractivity contribution >= 4 is 5.91 Å². The summed E-state index contributed by atoms with van der Waals surface area (Å²) in [6.45, 7) is -1.39. The number of amides is 1. The van der Waals surface area contributed by atoms with E-state index in [4.69, 9.17) is 0 Å². The predicted molar refractivity (Wildman–Crippen MR) is 69.2 cm³/mol. The van der Waals surface area contributed by atoms with E-state index < -0.39 is 18.6 Å². The third-order valence-corrected chi connectivity index (χ3v) is 3.36. The van der Waals surface area contributed by atoms with Gasteiger partial charge in [-0.15, -0.1) is 0 Å². The molecule has 0 heterocycles. The Kier molecular flexibility index (Phi) is 4.65. The maximum atomic E-state index is 12.0. The number of alkyl halides is 3. The average Bonchev–Trinajstić information content (AvgIpc) is 2.42. The molecule has 1 aromatic carbocycles. The average molecular weight is 286 g/mol. The van der Waals surface area contributed by atoms with Gasteiger partial charge in [-0.2, -0.15) is 13.2 Å². The lowest BCUT2D eigenvalue weighted by atomic mass is 9.88. The predicted octanol–water partition coefficient (Wildman–Crippen LogP) is 2.33. The number of nitrogens with one attached hydrogen (secondary N) is 2. The molecule has 0 bridgehead atoms. The molecule has 1 atom stereocenters. The highest BCUT2D eigenvalue weighted by molar-refractivity contribution is 5.78. The second-order valence-corrected chi connectivity index (χ2v) is 4.92. The van der Waals surface area contributed by atoms with Gasteiger partial charge in [0, 0.05) is 6.04 Å². The van der Waals surface area contributed by atoms with Crippen LogP contribution in [-0.2, 0) is 11.2 Å². The van der Waals surface area contributed by atoms with Gasteiger partial charge in [-0.3, -0.25) is 4.79 Å². The largest absolute Gasteiger partial charge is 0.405 e. The minimum atomic E-state index is -4.37. The fraction of sp³-hybridized carbons (Fsp3) is 0.500. The Morgan fingerprint density at radius 2 is 2.05 bits per heavy atom. The number of aryl methyl sites for hydroxylation is 1. The molecule has 0 saturated heterocycles. The molecule has 0 fully saturated rings. The van der Waals surface area contributed by atoms with E-state index in [9.17, 15) is 18.0 Å². The van der Waals surface area contributed by atoms with Crippen LogP contribution >= 0.6 is 0 Å².